The molecule has 128 valence electrons. The zero-order chi connectivity index (χ0) is 17.6. The number of amides is 1. The fourth-order valence-corrected chi connectivity index (χ4v) is 3.58. The van der Waals surface area contributed by atoms with Crippen molar-refractivity contribution >= 4 is 22.6 Å². The lowest BCUT2D eigenvalue weighted by molar-refractivity contribution is 0.0978. The number of pyridine rings is 1. The van der Waals surface area contributed by atoms with Crippen LogP contribution in [0.3, 0.4) is 0 Å². The van der Waals surface area contributed by atoms with Crippen molar-refractivity contribution in [2.24, 2.45) is 13.0 Å². The van der Waals surface area contributed by atoms with Crippen LogP contribution in [0.2, 0.25) is 0 Å². The molecule has 0 spiro atoms. The number of aryl methyl sites for hydroxylation is 1. The summed E-state index contributed by atoms with van der Waals surface area (Å²) in [5, 5.41) is 4.96. The van der Waals surface area contributed by atoms with E-state index in [1.165, 1.54) is 5.56 Å². The number of nitrogens with zero attached hydrogens (tertiary/aromatic N) is 4. The van der Waals surface area contributed by atoms with Gasteiger partial charge >= 0.3 is 0 Å². The first-order valence-electron chi connectivity index (χ1n) is 8.34. The van der Waals surface area contributed by atoms with Crippen molar-refractivity contribution in [3.05, 3.63) is 47.8 Å². The van der Waals surface area contributed by atoms with Crippen LogP contribution < -0.4 is 9.64 Å². The third kappa shape index (κ3) is 2.45. The smallest absolute Gasteiger partial charge is 0.263 e. The molecule has 1 unspecified atom stereocenters. The van der Waals surface area contributed by atoms with Crippen molar-refractivity contribution in [2.75, 3.05) is 18.6 Å². The molecule has 6 heteroatoms. The van der Waals surface area contributed by atoms with Gasteiger partial charge < -0.3 is 9.64 Å². The zero-order valence-corrected chi connectivity index (χ0v) is 14.6. The molecule has 1 aliphatic rings. The molecule has 1 aliphatic heterocycles. The molecule has 0 aliphatic carbocycles. The van der Waals surface area contributed by atoms with Crippen LogP contribution in [0.4, 0.5) is 5.69 Å². The van der Waals surface area contributed by atoms with Crippen molar-refractivity contribution in [1.82, 2.24) is 14.8 Å². The lowest BCUT2D eigenvalue weighted by Gasteiger charge is -2.33. The third-order valence-electron chi connectivity index (χ3n) is 4.74. The summed E-state index contributed by atoms with van der Waals surface area (Å²) in [7, 11) is 3.39. The molecule has 0 fully saturated rings. The Morgan fingerprint density at radius 2 is 2.08 bits per heavy atom. The second-order valence-electron chi connectivity index (χ2n) is 6.56. The van der Waals surface area contributed by atoms with Crippen molar-refractivity contribution in [2.45, 2.75) is 13.3 Å². The highest BCUT2D eigenvalue weighted by molar-refractivity contribution is 6.10. The molecular formula is C19H20N4O2. The molecule has 0 bridgehead atoms. The summed E-state index contributed by atoms with van der Waals surface area (Å²) in [6.07, 6.45) is 4.26. The van der Waals surface area contributed by atoms with Gasteiger partial charge in [0.25, 0.3) is 5.91 Å². The molecule has 0 saturated heterocycles. The van der Waals surface area contributed by atoms with Gasteiger partial charge in [-0.05, 0) is 24.0 Å². The van der Waals surface area contributed by atoms with Gasteiger partial charge in [0.1, 0.15) is 11.3 Å². The molecule has 3 aromatic rings. The molecule has 3 heterocycles. The van der Waals surface area contributed by atoms with E-state index in [-0.39, 0.29) is 5.91 Å². The van der Waals surface area contributed by atoms with Gasteiger partial charge in [0, 0.05) is 25.5 Å². The van der Waals surface area contributed by atoms with E-state index in [1.54, 1.807) is 24.2 Å². The molecule has 0 radical (unpaired) electrons. The van der Waals surface area contributed by atoms with Crippen LogP contribution >= 0.6 is 0 Å². The van der Waals surface area contributed by atoms with Crippen molar-refractivity contribution < 1.29 is 9.53 Å². The number of aromatic nitrogens is 3. The number of hydrogen-bond donors (Lipinski definition) is 0. The highest BCUT2D eigenvalue weighted by Crippen LogP contribution is 2.34. The second-order valence-corrected chi connectivity index (χ2v) is 6.56. The number of methoxy groups -OCH3 is 1. The number of benzene rings is 1. The summed E-state index contributed by atoms with van der Waals surface area (Å²) in [5.74, 6) is 0.841. The average Bonchev–Trinajstić information content (AvgIpc) is 3.00. The number of hydrogen-bond acceptors (Lipinski definition) is 4. The fraction of sp³-hybridized carbons (Fsp3) is 0.316. The number of carbonyl (C=O) groups excluding carboxylic acids is 1. The van der Waals surface area contributed by atoms with Gasteiger partial charge in [-0.15, -0.1) is 0 Å². The summed E-state index contributed by atoms with van der Waals surface area (Å²) >= 11 is 0. The molecule has 2 aromatic heterocycles. The lowest BCUT2D eigenvalue weighted by atomic mass is 9.93. The van der Waals surface area contributed by atoms with Crippen LogP contribution in [-0.4, -0.2) is 34.3 Å². The van der Waals surface area contributed by atoms with Gasteiger partial charge in [0.2, 0.25) is 0 Å². The van der Waals surface area contributed by atoms with Crippen LogP contribution in [0, 0.1) is 5.92 Å². The topological polar surface area (TPSA) is 60.2 Å². The number of para-hydroxylation sites is 1. The summed E-state index contributed by atoms with van der Waals surface area (Å²) in [6.45, 7) is 2.85. The van der Waals surface area contributed by atoms with E-state index in [9.17, 15) is 4.79 Å². The quantitative estimate of drug-likeness (QED) is 0.722. The minimum atomic E-state index is -0.0888. The first-order chi connectivity index (χ1) is 12.1. The zero-order valence-electron chi connectivity index (χ0n) is 14.6. The number of anilines is 1. The Balaban J connectivity index is 1.83. The first kappa shape index (κ1) is 15.6. The summed E-state index contributed by atoms with van der Waals surface area (Å²) in [5.41, 5.74) is 3.33. The lowest BCUT2D eigenvalue weighted by Crippen LogP contribution is -2.39. The maximum Gasteiger partial charge on any atom is 0.263 e. The van der Waals surface area contributed by atoms with Crippen LogP contribution in [0.5, 0.6) is 5.75 Å². The Morgan fingerprint density at radius 3 is 2.88 bits per heavy atom. The molecular weight excluding hydrogens is 316 g/mol. The Kier molecular flexibility index (Phi) is 3.67. The van der Waals surface area contributed by atoms with E-state index in [0.29, 0.717) is 29.4 Å². The van der Waals surface area contributed by atoms with E-state index in [1.807, 2.05) is 30.1 Å². The van der Waals surface area contributed by atoms with Crippen LogP contribution in [0.1, 0.15) is 22.8 Å². The van der Waals surface area contributed by atoms with E-state index in [0.717, 1.165) is 17.5 Å². The molecule has 25 heavy (non-hydrogen) atoms. The maximum atomic E-state index is 13.3. The Labute approximate surface area is 146 Å². The van der Waals surface area contributed by atoms with Gasteiger partial charge in [0.15, 0.2) is 5.65 Å². The highest BCUT2D eigenvalue weighted by Gasteiger charge is 2.29. The average molecular weight is 336 g/mol. The molecule has 1 aromatic carbocycles. The van der Waals surface area contributed by atoms with E-state index < -0.39 is 0 Å². The normalized spacial score (nSPS) is 16.8. The molecule has 1 atom stereocenters. The molecule has 4 rings (SSSR count). The second kappa shape index (κ2) is 5.88. The van der Waals surface area contributed by atoms with Crippen molar-refractivity contribution in [3.63, 3.8) is 0 Å². The SMILES string of the molecule is COc1c(C(=O)N2CC(C)Cc3ccccc32)cnc2c1cnn2C. The van der Waals surface area contributed by atoms with Gasteiger partial charge in [0.05, 0.1) is 18.7 Å². The Bertz CT molecular complexity index is 963. The summed E-state index contributed by atoms with van der Waals surface area (Å²) in [6, 6.07) is 8.07. The number of rotatable bonds is 2. The molecule has 6 nitrogen and oxygen atoms in total. The number of fused-ring (bicyclic) bond motifs is 2. The van der Waals surface area contributed by atoms with Gasteiger partial charge in [-0.2, -0.15) is 5.10 Å². The van der Waals surface area contributed by atoms with Gasteiger partial charge in [-0.25, -0.2) is 4.98 Å². The van der Waals surface area contributed by atoms with Crippen LogP contribution in [-0.2, 0) is 13.5 Å². The van der Waals surface area contributed by atoms with E-state index in [2.05, 4.69) is 23.1 Å². The van der Waals surface area contributed by atoms with Gasteiger partial charge in [-0.1, -0.05) is 25.1 Å². The molecule has 1 amide bonds. The van der Waals surface area contributed by atoms with E-state index >= 15 is 0 Å². The maximum absolute atomic E-state index is 13.3. The Morgan fingerprint density at radius 1 is 1.28 bits per heavy atom. The monoisotopic (exact) mass is 336 g/mol. The number of ether oxygens (including phenoxy) is 1. The van der Waals surface area contributed by atoms with Crippen LogP contribution in [0.25, 0.3) is 11.0 Å². The predicted molar refractivity (Wildman–Crippen MR) is 96.0 cm³/mol. The van der Waals surface area contributed by atoms with Crippen molar-refractivity contribution in [3.8, 4) is 5.75 Å². The van der Waals surface area contributed by atoms with E-state index in [4.69, 9.17) is 4.74 Å². The first-order valence-corrected chi connectivity index (χ1v) is 8.34. The van der Waals surface area contributed by atoms with Crippen molar-refractivity contribution in [1.29, 1.82) is 0 Å². The Hall–Kier alpha value is -2.89. The standard InChI is InChI=1S/C19H20N4O2/c1-12-8-13-6-4-5-7-16(13)23(11-12)19(24)15-9-20-18-14(17(15)25-3)10-21-22(18)2/h4-7,9-10,12H,8,11H2,1-3H3. The number of carbonyl (C=O) groups is 1. The minimum absolute atomic E-state index is 0.0888. The predicted octanol–water partition coefficient (Wildman–Crippen LogP) is 2.82. The fourth-order valence-electron chi connectivity index (χ4n) is 3.58. The summed E-state index contributed by atoms with van der Waals surface area (Å²) < 4.78 is 7.23. The minimum Gasteiger partial charge on any atom is -0.495 e. The largest absolute Gasteiger partial charge is 0.495 e. The summed E-state index contributed by atoms with van der Waals surface area (Å²) in [4.78, 5) is 19.6. The van der Waals surface area contributed by atoms with Crippen LogP contribution in [0.15, 0.2) is 36.7 Å². The van der Waals surface area contributed by atoms with Gasteiger partial charge in [-0.3, -0.25) is 9.48 Å². The molecule has 0 saturated carbocycles. The third-order valence-corrected chi connectivity index (χ3v) is 4.74. The molecule has 0 N–H and O–H groups in total. The highest BCUT2D eigenvalue weighted by atomic mass is 16.5.